The third-order valence-corrected chi connectivity index (χ3v) is 2.87. The van der Waals surface area contributed by atoms with Crippen LogP contribution >= 0.6 is 11.6 Å². The zero-order chi connectivity index (χ0) is 14.2. The highest BCUT2D eigenvalue weighted by Gasteiger charge is 1.97. The molecule has 0 aliphatic rings. The summed E-state index contributed by atoms with van der Waals surface area (Å²) < 4.78 is 5.65. The molecule has 2 rings (SSSR count). The van der Waals surface area contributed by atoms with Gasteiger partial charge in [-0.05, 0) is 36.4 Å². The molecule has 0 bridgehead atoms. The van der Waals surface area contributed by atoms with Crippen molar-refractivity contribution >= 4 is 23.1 Å². The quantitative estimate of drug-likeness (QED) is 0.505. The SMILES string of the molecule is NC(CCl)=Nc1ccc(OCCc2ccccn2)cc1. The van der Waals surface area contributed by atoms with Crippen molar-refractivity contribution in [1.29, 1.82) is 0 Å². The Kier molecular flexibility index (Phi) is 5.38. The maximum absolute atomic E-state index is 5.65. The van der Waals surface area contributed by atoms with Gasteiger partial charge in [0.25, 0.3) is 0 Å². The Morgan fingerprint density at radius 2 is 2.00 bits per heavy atom. The standard InChI is InChI=1S/C15H16ClN3O/c16-11-15(17)19-13-4-6-14(7-5-13)20-10-8-12-3-1-2-9-18-12/h1-7,9H,8,10-11H2,(H2,17,19). The van der Waals surface area contributed by atoms with E-state index in [1.165, 1.54) is 0 Å². The van der Waals surface area contributed by atoms with E-state index in [2.05, 4.69) is 9.98 Å². The van der Waals surface area contributed by atoms with E-state index in [4.69, 9.17) is 22.1 Å². The van der Waals surface area contributed by atoms with Crippen molar-refractivity contribution in [2.75, 3.05) is 12.5 Å². The maximum Gasteiger partial charge on any atom is 0.119 e. The number of nitrogens with zero attached hydrogens (tertiary/aromatic N) is 2. The molecule has 1 aromatic carbocycles. The lowest BCUT2D eigenvalue weighted by molar-refractivity contribution is 0.320. The number of alkyl halides is 1. The van der Waals surface area contributed by atoms with Crippen molar-refractivity contribution < 1.29 is 4.74 Å². The topological polar surface area (TPSA) is 60.5 Å². The number of pyridine rings is 1. The first kappa shape index (κ1) is 14.3. The Labute approximate surface area is 123 Å². The van der Waals surface area contributed by atoms with Gasteiger partial charge < -0.3 is 10.5 Å². The number of ether oxygens (including phenoxy) is 1. The highest BCUT2D eigenvalue weighted by atomic mass is 35.5. The zero-order valence-electron chi connectivity index (χ0n) is 11.0. The second-order valence-electron chi connectivity index (χ2n) is 4.15. The molecule has 20 heavy (non-hydrogen) atoms. The number of hydrogen-bond donors (Lipinski definition) is 1. The summed E-state index contributed by atoms with van der Waals surface area (Å²) in [5.74, 6) is 1.42. The molecule has 0 aliphatic heterocycles. The van der Waals surface area contributed by atoms with Crippen molar-refractivity contribution in [3.8, 4) is 5.75 Å². The van der Waals surface area contributed by atoms with Crippen LogP contribution in [0.2, 0.25) is 0 Å². The van der Waals surface area contributed by atoms with E-state index in [-0.39, 0.29) is 5.88 Å². The first-order chi connectivity index (χ1) is 9.78. The number of aliphatic imine (C=N–C) groups is 1. The summed E-state index contributed by atoms with van der Waals surface area (Å²) in [7, 11) is 0. The predicted octanol–water partition coefficient (Wildman–Crippen LogP) is 2.93. The largest absolute Gasteiger partial charge is 0.493 e. The van der Waals surface area contributed by atoms with Gasteiger partial charge in [-0.25, -0.2) is 4.99 Å². The lowest BCUT2D eigenvalue weighted by atomic mass is 10.3. The maximum atomic E-state index is 5.65. The van der Waals surface area contributed by atoms with Gasteiger partial charge in [-0.15, -0.1) is 11.6 Å². The summed E-state index contributed by atoms with van der Waals surface area (Å²) >= 11 is 5.57. The normalized spacial score (nSPS) is 11.3. The first-order valence-corrected chi connectivity index (χ1v) is 6.83. The molecule has 0 spiro atoms. The molecule has 0 saturated carbocycles. The van der Waals surface area contributed by atoms with Crippen molar-refractivity contribution in [3.05, 3.63) is 54.4 Å². The molecule has 0 radical (unpaired) electrons. The minimum absolute atomic E-state index is 0.225. The number of aromatic nitrogens is 1. The van der Waals surface area contributed by atoms with Gasteiger partial charge in [0.1, 0.15) is 11.6 Å². The molecule has 0 saturated heterocycles. The van der Waals surface area contributed by atoms with E-state index in [1.807, 2.05) is 42.5 Å². The Hall–Kier alpha value is -2.07. The molecule has 2 N–H and O–H groups in total. The van der Waals surface area contributed by atoms with Crippen LogP contribution < -0.4 is 10.5 Å². The van der Waals surface area contributed by atoms with Crippen molar-refractivity contribution in [3.63, 3.8) is 0 Å². The van der Waals surface area contributed by atoms with Crippen LogP contribution in [0.15, 0.2) is 53.7 Å². The molecule has 0 fully saturated rings. The number of hydrogen-bond acceptors (Lipinski definition) is 3. The van der Waals surface area contributed by atoms with Crippen molar-refractivity contribution in [1.82, 2.24) is 4.98 Å². The molecule has 2 aromatic rings. The van der Waals surface area contributed by atoms with Crippen molar-refractivity contribution in [2.24, 2.45) is 10.7 Å². The summed E-state index contributed by atoms with van der Waals surface area (Å²) in [5, 5.41) is 0. The minimum Gasteiger partial charge on any atom is -0.493 e. The highest BCUT2D eigenvalue weighted by molar-refractivity contribution is 6.28. The summed E-state index contributed by atoms with van der Waals surface area (Å²) in [4.78, 5) is 8.39. The molecular weight excluding hydrogens is 274 g/mol. The van der Waals surface area contributed by atoms with Gasteiger partial charge in [0.2, 0.25) is 0 Å². The van der Waals surface area contributed by atoms with E-state index in [0.717, 1.165) is 23.6 Å². The molecule has 4 nitrogen and oxygen atoms in total. The summed E-state index contributed by atoms with van der Waals surface area (Å²) in [6.45, 7) is 0.587. The molecular formula is C15H16ClN3O. The summed E-state index contributed by atoms with van der Waals surface area (Å²) in [6.07, 6.45) is 2.56. The molecule has 1 heterocycles. The van der Waals surface area contributed by atoms with E-state index < -0.39 is 0 Å². The van der Waals surface area contributed by atoms with Crippen molar-refractivity contribution in [2.45, 2.75) is 6.42 Å². The third-order valence-electron chi connectivity index (χ3n) is 2.60. The smallest absolute Gasteiger partial charge is 0.119 e. The lowest BCUT2D eigenvalue weighted by Gasteiger charge is -2.06. The average molecular weight is 290 g/mol. The van der Waals surface area contributed by atoms with Crippen LogP contribution in [0, 0.1) is 0 Å². The molecule has 0 amide bonds. The van der Waals surface area contributed by atoms with Crippen LogP contribution in [0.3, 0.4) is 0 Å². The summed E-state index contributed by atoms with van der Waals surface area (Å²) in [5.41, 5.74) is 7.35. The second-order valence-corrected chi connectivity index (χ2v) is 4.42. The fourth-order valence-electron chi connectivity index (χ4n) is 1.63. The average Bonchev–Trinajstić information content (AvgIpc) is 2.50. The van der Waals surface area contributed by atoms with Gasteiger partial charge in [0.15, 0.2) is 0 Å². The van der Waals surface area contributed by atoms with Gasteiger partial charge in [0.05, 0.1) is 18.2 Å². The Bertz CT molecular complexity index is 555. The monoisotopic (exact) mass is 289 g/mol. The number of benzene rings is 1. The Morgan fingerprint density at radius 1 is 1.20 bits per heavy atom. The minimum atomic E-state index is 0.225. The third kappa shape index (κ3) is 4.55. The van der Waals surface area contributed by atoms with Crippen LogP contribution in [0.1, 0.15) is 5.69 Å². The van der Waals surface area contributed by atoms with Gasteiger partial charge in [-0.1, -0.05) is 6.07 Å². The van der Waals surface area contributed by atoms with Crippen LogP contribution in [-0.4, -0.2) is 23.3 Å². The van der Waals surface area contributed by atoms with Crippen LogP contribution in [0.25, 0.3) is 0 Å². The number of halogens is 1. The van der Waals surface area contributed by atoms with Gasteiger partial charge in [-0.2, -0.15) is 0 Å². The predicted molar refractivity (Wildman–Crippen MR) is 81.9 cm³/mol. The second kappa shape index (κ2) is 7.50. The molecule has 5 heteroatoms. The van der Waals surface area contributed by atoms with Gasteiger partial charge in [0, 0.05) is 18.3 Å². The van der Waals surface area contributed by atoms with E-state index >= 15 is 0 Å². The van der Waals surface area contributed by atoms with E-state index in [9.17, 15) is 0 Å². The van der Waals surface area contributed by atoms with Gasteiger partial charge >= 0.3 is 0 Å². The number of amidine groups is 1. The fraction of sp³-hybridized carbons (Fsp3) is 0.200. The van der Waals surface area contributed by atoms with Gasteiger partial charge in [-0.3, -0.25) is 4.98 Å². The highest BCUT2D eigenvalue weighted by Crippen LogP contribution is 2.18. The molecule has 0 unspecified atom stereocenters. The molecule has 1 aromatic heterocycles. The molecule has 104 valence electrons. The molecule has 0 aliphatic carbocycles. The van der Waals surface area contributed by atoms with Crippen LogP contribution in [0.5, 0.6) is 5.75 Å². The zero-order valence-corrected chi connectivity index (χ0v) is 11.8. The van der Waals surface area contributed by atoms with E-state index in [0.29, 0.717) is 12.4 Å². The summed E-state index contributed by atoms with van der Waals surface area (Å²) in [6, 6.07) is 13.3. The number of nitrogens with two attached hydrogens (primary N) is 1. The fourth-order valence-corrected chi connectivity index (χ4v) is 1.69. The van der Waals surface area contributed by atoms with Crippen LogP contribution in [0.4, 0.5) is 5.69 Å². The van der Waals surface area contributed by atoms with Crippen LogP contribution in [-0.2, 0) is 6.42 Å². The first-order valence-electron chi connectivity index (χ1n) is 6.29. The lowest BCUT2D eigenvalue weighted by Crippen LogP contribution is -2.12. The number of rotatable bonds is 6. The Balaban J connectivity index is 1.85. The van der Waals surface area contributed by atoms with E-state index in [1.54, 1.807) is 6.20 Å². The molecule has 0 atom stereocenters. The Morgan fingerprint density at radius 3 is 2.65 bits per heavy atom.